The number of aliphatic hydroxyl groups is 1. The third kappa shape index (κ3) is 4.94. The highest BCUT2D eigenvalue weighted by Crippen LogP contribution is 2.27. The van der Waals surface area contributed by atoms with Crippen LogP contribution in [0.1, 0.15) is 41.8 Å². The molecule has 0 saturated carbocycles. The van der Waals surface area contributed by atoms with Crippen LogP contribution in [-0.2, 0) is 12.2 Å². The summed E-state index contributed by atoms with van der Waals surface area (Å²) in [6, 6.07) is 7.45. The molecule has 4 aromatic rings. The van der Waals surface area contributed by atoms with Crippen LogP contribution >= 0.6 is 27.3 Å². The normalized spacial score (nSPS) is 11.6. The maximum absolute atomic E-state index is 13.3. The maximum Gasteiger partial charge on any atom is 0.276 e. The van der Waals surface area contributed by atoms with Crippen molar-refractivity contribution in [2.45, 2.75) is 46.8 Å². The Bertz CT molecular complexity index is 1430. The fraction of sp³-hybridized carbons (Fsp3) is 0.292. The molecule has 0 aliphatic carbocycles. The fourth-order valence-corrected chi connectivity index (χ4v) is 4.40. The molecule has 0 fully saturated rings. The first kappa shape index (κ1) is 24.2. The summed E-state index contributed by atoms with van der Waals surface area (Å²) < 4.78 is 7.52. The smallest absolute Gasteiger partial charge is 0.276 e. The minimum absolute atomic E-state index is 0.224. The summed E-state index contributed by atoms with van der Waals surface area (Å²) in [7, 11) is 0. The first-order valence-corrected chi connectivity index (χ1v) is 12.2. The molecule has 1 N–H and O–H groups in total. The van der Waals surface area contributed by atoms with Gasteiger partial charge in [0.15, 0.2) is 5.82 Å². The number of thiazole rings is 1. The molecule has 0 aliphatic heterocycles. The lowest BCUT2D eigenvalue weighted by molar-refractivity contribution is 0.0688. The Labute approximate surface area is 209 Å². The fourth-order valence-electron chi connectivity index (χ4n) is 3.42. The molecule has 8 nitrogen and oxygen atoms in total. The van der Waals surface area contributed by atoms with Crippen LogP contribution in [0.5, 0.6) is 5.88 Å². The van der Waals surface area contributed by atoms with Gasteiger partial charge in [-0.3, -0.25) is 9.36 Å². The van der Waals surface area contributed by atoms with Crippen LogP contribution in [0.15, 0.2) is 45.1 Å². The van der Waals surface area contributed by atoms with Gasteiger partial charge in [-0.25, -0.2) is 15.0 Å². The first-order chi connectivity index (χ1) is 16.0. The summed E-state index contributed by atoms with van der Waals surface area (Å²) in [5.74, 6) is 1.03. The SMILES string of the molecule is Cc1nc(COc2nc(C)n(-c3cccc(-c4nc(C(C)(C)O)ncc4C)c3)c(=O)c2Br)cs1. The molecule has 0 atom stereocenters. The lowest BCUT2D eigenvalue weighted by Crippen LogP contribution is -2.24. The second kappa shape index (κ2) is 9.36. The average Bonchev–Trinajstić information content (AvgIpc) is 3.20. The van der Waals surface area contributed by atoms with Gasteiger partial charge in [0.2, 0.25) is 5.88 Å². The van der Waals surface area contributed by atoms with E-state index in [0.717, 1.165) is 21.8 Å². The summed E-state index contributed by atoms with van der Waals surface area (Å²) in [5, 5.41) is 13.2. The van der Waals surface area contributed by atoms with E-state index < -0.39 is 5.60 Å². The molecule has 0 aliphatic rings. The quantitative estimate of drug-likeness (QED) is 0.379. The van der Waals surface area contributed by atoms with Crippen molar-refractivity contribution < 1.29 is 9.84 Å². The monoisotopic (exact) mass is 541 g/mol. The summed E-state index contributed by atoms with van der Waals surface area (Å²) >= 11 is 4.90. The highest BCUT2D eigenvalue weighted by molar-refractivity contribution is 9.10. The van der Waals surface area contributed by atoms with Crippen LogP contribution < -0.4 is 10.3 Å². The number of halogens is 1. The van der Waals surface area contributed by atoms with Crippen LogP contribution in [0.2, 0.25) is 0 Å². The Morgan fingerprint density at radius 3 is 2.62 bits per heavy atom. The molecule has 4 rings (SSSR count). The molecule has 0 amide bonds. The predicted octanol–water partition coefficient (Wildman–Crippen LogP) is 4.64. The van der Waals surface area contributed by atoms with E-state index in [1.54, 1.807) is 38.3 Å². The number of aromatic nitrogens is 5. The van der Waals surface area contributed by atoms with Gasteiger partial charge in [0.25, 0.3) is 5.56 Å². The van der Waals surface area contributed by atoms with E-state index in [0.29, 0.717) is 23.0 Å². The van der Waals surface area contributed by atoms with Crippen molar-refractivity contribution in [1.82, 2.24) is 24.5 Å². The van der Waals surface area contributed by atoms with Gasteiger partial charge in [0, 0.05) is 17.1 Å². The summed E-state index contributed by atoms with van der Waals surface area (Å²) in [4.78, 5) is 31.0. The molecule has 0 bridgehead atoms. The Hall–Kier alpha value is -2.95. The molecule has 1 aromatic carbocycles. The molecule has 0 radical (unpaired) electrons. The van der Waals surface area contributed by atoms with Gasteiger partial charge in [-0.15, -0.1) is 11.3 Å². The number of hydrogen-bond donors (Lipinski definition) is 1. The zero-order valence-corrected chi connectivity index (χ0v) is 21.9. The lowest BCUT2D eigenvalue weighted by Gasteiger charge is -2.18. The maximum atomic E-state index is 13.3. The van der Waals surface area contributed by atoms with Gasteiger partial charge in [-0.2, -0.15) is 4.98 Å². The molecule has 0 spiro atoms. The molecule has 10 heteroatoms. The molecule has 176 valence electrons. The predicted molar refractivity (Wildman–Crippen MR) is 134 cm³/mol. The van der Waals surface area contributed by atoms with Crippen LogP contribution in [0, 0.1) is 20.8 Å². The van der Waals surface area contributed by atoms with Crippen molar-refractivity contribution >= 4 is 27.3 Å². The van der Waals surface area contributed by atoms with E-state index in [9.17, 15) is 9.90 Å². The molecule has 34 heavy (non-hydrogen) atoms. The van der Waals surface area contributed by atoms with E-state index in [1.165, 1.54) is 4.57 Å². The zero-order chi connectivity index (χ0) is 24.6. The molecule has 0 saturated heterocycles. The zero-order valence-electron chi connectivity index (χ0n) is 19.5. The average molecular weight is 542 g/mol. The second-order valence-electron chi connectivity index (χ2n) is 8.40. The third-order valence-electron chi connectivity index (χ3n) is 5.09. The Kier molecular flexibility index (Phi) is 6.66. The van der Waals surface area contributed by atoms with Gasteiger partial charge in [-0.05, 0) is 68.2 Å². The van der Waals surface area contributed by atoms with E-state index in [-0.39, 0.29) is 22.5 Å². The van der Waals surface area contributed by atoms with Crippen molar-refractivity contribution in [3.05, 3.63) is 78.6 Å². The number of nitrogens with zero attached hydrogens (tertiary/aromatic N) is 5. The number of benzene rings is 1. The standard InChI is InChI=1S/C24H24BrN5O3S/c1-13-10-26-23(24(4,5)32)29-20(13)16-7-6-8-18(9-16)30-14(2)27-21(19(25)22(30)31)33-11-17-12-34-15(3)28-17/h6-10,12,32H,11H2,1-5H3. The van der Waals surface area contributed by atoms with Crippen molar-refractivity contribution in [3.8, 4) is 22.8 Å². The van der Waals surface area contributed by atoms with Crippen LogP contribution in [0.4, 0.5) is 0 Å². The molecule has 3 aromatic heterocycles. The minimum Gasteiger partial charge on any atom is -0.470 e. The van der Waals surface area contributed by atoms with Gasteiger partial charge in [0.05, 0.1) is 22.1 Å². The number of hydrogen-bond acceptors (Lipinski definition) is 8. The topological polar surface area (TPSA) is 103 Å². The highest BCUT2D eigenvalue weighted by Gasteiger charge is 2.21. The number of aryl methyl sites for hydroxylation is 3. The van der Waals surface area contributed by atoms with Crippen molar-refractivity contribution in [3.63, 3.8) is 0 Å². The van der Waals surface area contributed by atoms with Gasteiger partial charge in [-0.1, -0.05) is 12.1 Å². The van der Waals surface area contributed by atoms with Crippen LogP contribution in [-0.4, -0.2) is 29.6 Å². The lowest BCUT2D eigenvalue weighted by atomic mass is 10.0. The van der Waals surface area contributed by atoms with Crippen molar-refractivity contribution in [2.75, 3.05) is 0 Å². The van der Waals surface area contributed by atoms with Gasteiger partial charge in [0.1, 0.15) is 22.5 Å². The van der Waals surface area contributed by atoms with Gasteiger partial charge < -0.3 is 9.84 Å². The van der Waals surface area contributed by atoms with Gasteiger partial charge >= 0.3 is 0 Å². The largest absolute Gasteiger partial charge is 0.470 e. The summed E-state index contributed by atoms with van der Waals surface area (Å²) in [6.45, 7) is 9.10. The molecule has 0 unspecified atom stereocenters. The van der Waals surface area contributed by atoms with E-state index in [4.69, 9.17) is 4.74 Å². The highest BCUT2D eigenvalue weighted by atomic mass is 79.9. The summed E-state index contributed by atoms with van der Waals surface area (Å²) in [6.07, 6.45) is 1.69. The first-order valence-electron chi connectivity index (χ1n) is 10.5. The minimum atomic E-state index is -1.17. The summed E-state index contributed by atoms with van der Waals surface area (Å²) in [5.41, 5.74) is 2.30. The van der Waals surface area contributed by atoms with Crippen LogP contribution in [0.3, 0.4) is 0 Å². The van der Waals surface area contributed by atoms with E-state index in [1.807, 2.05) is 43.5 Å². The van der Waals surface area contributed by atoms with Crippen molar-refractivity contribution in [1.29, 1.82) is 0 Å². The molecular weight excluding hydrogens is 518 g/mol. The third-order valence-corrected chi connectivity index (χ3v) is 6.59. The van der Waals surface area contributed by atoms with Crippen molar-refractivity contribution in [2.24, 2.45) is 0 Å². The Morgan fingerprint density at radius 2 is 1.94 bits per heavy atom. The Morgan fingerprint density at radius 1 is 1.18 bits per heavy atom. The molecule has 3 heterocycles. The van der Waals surface area contributed by atoms with E-state index in [2.05, 4.69) is 35.9 Å². The number of rotatable bonds is 6. The molecular formula is C24H24BrN5O3S. The number of ether oxygens (including phenoxy) is 1. The second-order valence-corrected chi connectivity index (χ2v) is 10.3. The van der Waals surface area contributed by atoms with E-state index >= 15 is 0 Å². The Balaban J connectivity index is 1.72. The van der Waals surface area contributed by atoms with Crippen LogP contribution in [0.25, 0.3) is 16.9 Å².